The van der Waals surface area contributed by atoms with E-state index in [0.717, 1.165) is 5.56 Å². The number of benzene rings is 3. The van der Waals surface area contributed by atoms with Crippen LogP contribution in [0.3, 0.4) is 0 Å². The third-order valence-electron chi connectivity index (χ3n) is 5.97. The number of hydrogen-bond donors (Lipinski definition) is 0. The summed E-state index contributed by atoms with van der Waals surface area (Å²) in [4.78, 5) is 17.1. The van der Waals surface area contributed by atoms with Gasteiger partial charge in [0.1, 0.15) is 20.6 Å². The van der Waals surface area contributed by atoms with Crippen LogP contribution in [0.25, 0.3) is 11.1 Å². The first kappa shape index (κ1) is 27.1. The van der Waals surface area contributed by atoms with Crippen molar-refractivity contribution in [1.82, 2.24) is 0 Å². The summed E-state index contributed by atoms with van der Waals surface area (Å²) < 4.78 is 59.2. The summed E-state index contributed by atoms with van der Waals surface area (Å²) in [5, 5.41) is 0. The number of ketones is 1. The van der Waals surface area contributed by atoms with Crippen molar-refractivity contribution in [2.75, 3.05) is 0 Å². The van der Waals surface area contributed by atoms with E-state index in [-0.39, 0.29) is 11.7 Å². The van der Waals surface area contributed by atoms with Crippen LogP contribution >= 0.6 is 7.81 Å². The van der Waals surface area contributed by atoms with E-state index in [1.807, 2.05) is 12.1 Å². The van der Waals surface area contributed by atoms with Gasteiger partial charge >= 0.3 is 33.0 Å². The van der Waals surface area contributed by atoms with Gasteiger partial charge in [0.2, 0.25) is 0 Å². The molecule has 1 heterocycles. The standard InChI is InChI=1S/C28H24OS.F6P/c1-19(2)22-14-17-27-25(18-22)28(29)24-10-6-7-11-26(24)30(27)23-15-12-21(13-16-23)20-8-4-3-5-9-20;1-7(2,3,4,5)6/h3-19,24H,1-2H3;/q;-1/p+1. The monoisotopic (exact) mass is 554 g/mol. The van der Waals surface area contributed by atoms with Crippen LogP contribution in [-0.2, 0) is 10.5 Å². The van der Waals surface area contributed by atoms with E-state index in [2.05, 4.69) is 98.8 Å². The van der Waals surface area contributed by atoms with Crippen LogP contribution in [0, 0.1) is 5.92 Å². The molecule has 2 unspecified atom stereocenters. The second kappa shape index (κ2) is 9.10. The van der Waals surface area contributed by atoms with E-state index < -0.39 is 18.3 Å². The van der Waals surface area contributed by atoms with Crippen molar-refractivity contribution < 1.29 is 30.0 Å². The summed E-state index contributed by atoms with van der Waals surface area (Å²) >= 11 is 0. The summed E-state index contributed by atoms with van der Waals surface area (Å²) in [5.41, 5.74) is 4.59. The van der Waals surface area contributed by atoms with E-state index in [0.29, 0.717) is 5.92 Å². The molecule has 0 amide bonds. The third-order valence-corrected chi connectivity index (χ3v) is 8.60. The van der Waals surface area contributed by atoms with Crippen LogP contribution in [0.2, 0.25) is 0 Å². The molecule has 196 valence electrons. The zero-order valence-electron chi connectivity index (χ0n) is 20.0. The quantitative estimate of drug-likeness (QED) is 0.104. The van der Waals surface area contributed by atoms with Gasteiger partial charge in [0.15, 0.2) is 5.78 Å². The van der Waals surface area contributed by atoms with E-state index >= 15 is 0 Å². The average Bonchev–Trinajstić information content (AvgIpc) is 2.83. The van der Waals surface area contributed by atoms with Gasteiger partial charge in [-0.15, -0.1) is 0 Å². The number of carbonyl (C=O) groups is 1. The second-order valence-corrected chi connectivity index (χ2v) is 13.3. The minimum absolute atomic E-state index is 0.134. The first-order valence-corrected chi connectivity index (χ1v) is 14.9. The number of thiol groups is 1. The van der Waals surface area contributed by atoms with Crippen molar-refractivity contribution in [2.24, 2.45) is 5.92 Å². The second-order valence-electron chi connectivity index (χ2n) is 9.15. The van der Waals surface area contributed by atoms with Crippen LogP contribution in [0.1, 0.15) is 35.7 Å². The maximum atomic E-state index is 13.3. The Kier molecular flexibility index (Phi) is 6.66. The third kappa shape index (κ3) is 7.08. The average molecular weight is 555 g/mol. The van der Waals surface area contributed by atoms with Crippen molar-refractivity contribution in [3.8, 4) is 11.1 Å². The molecule has 0 bridgehead atoms. The zero-order chi connectivity index (χ0) is 27.1. The van der Waals surface area contributed by atoms with E-state index in [4.69, 9.17) is 0 Å². The van der Waals surface area contributed by atoms with Gasteiger partial charge in [0.25, 0.3) is 0 Å². The number of hydrogen-bond acceptors (Lipinski definition) is 1. The van der Waals surface area contributed by atoms with Gasteiger partial charge in [-0.1, -0.05) is 79.0 Å². The van der Waals surface area contributed by atoms with Crippen molar-refractivity contribution >= 4 is 28.9 Å². The molecule has 0 spiro atoms. The van der Waals surface area contributed by atoms with E-state index in [1.54, 1.807) is 0 Å². The number of allylic oxidation sites excluding steroid dienone is 4. The van der Waals surface area contributed by atoms with Crippen molar-refractivity contribution in [3.63, 3.8) is 0 Å². The molecular formula is C28H25F6OPS. The summed E-state index contributed by atoms with van der Waals surface area (Å²) in [6, 6.07) is 25.9. The summed E-state index contributed by atoms with van der Waals surface area (Å²) in [7, 11) is -11.4. The van der Waals surface area contributed by atoms with Crippen LogP contribution in [0.5, 0.6) is 0 Å². The Morgan fingerprint density at radius 1 is 0.784 bits per heavy atom. The van der Waals surface area contributed by atoms with Crippen molar-refractivity contribution in [2.45, 2.75) is 29.6 Å². The normalized spacial score (nSPS) is 20.4. The van der Waals surface area contributed by atoms with Crippen molar-refractivity contribution in [1.29, 1.82) is 0 Å². The molecule has 5 rings (SSSR count). The molecule has 37 heavy (non-hydrogen) atoms. The Balaban J connectivity index is 0.000000405. The van der Waals surface area contributed by atoms with Gasteiger partial charge in [0, 0.05) is 0 Å². The fourth-order valence-corrected chi connectivity index (χ4v) is 6.96. The van der Waals surface area contributed by atoms with Crippen LogP contribution in [-0.4, -0.2) is 10.6 Å². The molecule has 0 radical (unpaired) electrons. The summed E-state index contributed by atoms with van der Waals surface area (Å²) in [6.45, 7) is 4.36. The van der Waals surface area contributed by atoms with Crippen LogP contribution < -0.4 is 0 Å². The first-order valence-electron chi connectivity index (χ1n) is 11.5. The molecule has 0 saturated carbocycles. The molecule has 0 fully saturated rings. The fraction of sp³-hybridized carbons (Fsp3) is 0.143. The number of halogens is 6. The van der Waals surface area contributed by atoms with Crippen LogP contribution in [0.15, 0.2) is 107 Å². The minimum atomic E-state index is -10.7. The first-order chi connectivity index (χ1) is 17.1. The summed E-state index contributed by atoms with van der Waals surface area (Å²) in [6.07, 6.45) is 8.31. The van der Waals surface area contributed by atoms with Gasteiger partial charge in [-0.25, -0.2) is 0 Å². The molecule has 3 aromatic rings. The molecule has 9 heteroatoms. The van der Waals surface area contributed by atoms with Gasteiger partial charge in [-0.2, -0.15) is 0 Å². The molecule has 3 aromatic carbocycles. The Labute approximate surface area is 213 Å². The predicted octanol–water partition coefficient (Wildman–Crippen LogP) is 9.74. The predicted molar refractivity (Wildman–Crippen MR) is 142 cm³/mol. The molecule has 1 aliphatic carbocycles. The number of Topliss-reactive ketones (excluding diaryl/α,β-unsaturated/α-hetero) is 1. The van der Waals surface area contributed by atoms with E-state index in [1.165, 1.54) is 31.3 Å². The number of fused-ring (bicyclic) bond motifs is 2. The van der Waals surface area contributed by atoms with Gasteiger partial charge in [-0.05, 0) is 65.1 Å². The summed E-state index contributed by atoms with van der Waals surface area (Å²) in [5.74, 6) is 0.513. The van der Waals surface area contributed by atoms with Crippen LogP contribution in [0.4, 0.5) is 25.2 Å². The number of rotatable bonds is 3. The molecule has 0 N–H and O–H groups in total. The Bertz CT molecular complexity index is 1430. The van der Waals surface area contributed by atoms with Crippen molar-refractivity contribution in [3.05, 3.63) is 108 Å². The topological polar surface area (TPSA) is 17.1 Å². The van der Waals surface area contributed by atoms with E-state index in [9.17, 15) is 30.0 Å². The molecule has 1 nitrogen and oxygen atoms in total. The Morgan fingerprint density at radius 3 is 1.97 bits per heavy atom. The molecule has 0 aromatic heterocycles. The Morgan fingerprint density at radius 2 is 1.38 bits per heavy atom. The maximum absolute atomic E-state index is 13.3. The SMILES string of the molecule is CC(C)c1ccc2c(c1)C(=O)C1C=CC=CC1=[SH+]2c1ccc(-c2ccccc2)cc1.F[P-](F)(F)(F)(F)F. The number of carbonyl (C=O) groups excluding carboxylic acids is 1. The zero-order valence-corrected chi connectivity index (χ0v) is 21.8. The molecule has 2 aliphatic rings. The molecule has 1 aliphatic heterocycles. The molecular weight excluding hydrogens is 529 g/mol. The molecule has 0 saturated heterocycles. The Hall–Kier alpha value is -2.96. The van der Waals surface area contributed by atoms with Gasteiger partial charge in [-0.3, -0.25) is 4.79 Å². The fourth-order valence-electron chi connectivity index (χ4n) is 4.30. The molecule has 2 atom stereocenters. The van der Waals surface area contributed by atoms with Gasteiger partial charge in [0.05, 0.1) is 5.56 Å². The van der Waals surface area contributed by atoms with Gasteiger partial charge < -0.3 is 0 Å².